The van der Waals surface area contributed by atoms with Crippen molar-refractivity contribution in [3.8, 4) is 6.07 Å². The average Bonchev–Trinajstić information content (AvgIpc) is 3.01. The number of hydrogen-bond donors (Lipinski definition) is 5. The molecule has 1 aromatic heterocycles. The maximum Gasteiger partial charge on any atom is 0.416 e. The number of halogens is 3. The number of aromatic nitrogens is 2. The topological polar surface area (TPSA) is 187 Å². The summed E-state index contributed by atoms with van der Waals surface area (Å²) in [5, 5.41) is 23.3. The van der Waals surface area contributed by atoms with Crippen molar-refractivity contribution in [2.75, 3.05) is 29.5 Å². The summed E-state index contributed by atoms with van der Waals surface area (Å²) >= 11 is 0. The molecule has 1 atom stereocenters. The van der Waals surface area contributed by atoms with Crippen LogP contribution in [-0.2, 0) is 15.8 Å². The summed E-state index contributed by atoms with van der Waals surface area (Å²) in [5.41, 5.74) is 12.3. The number of allylic oxidation sites excluding steroid dienone is 2. The van der Waals surface area contributed by atoms with Gasteiger partial charge in [-0.05, 0) is 55.5 Å². The van der Waals surface area contributed by atoms with Gasteiger partial charge in [-0.1, -0.05) is 45.0 Å². The van der Waals surface area contributed by atoms with Crippen molar-refractivity contribution in [3.63, 3.8) is 0 Å². The monoisotopic (exact) mass is 651 g/mol. The van der Waals surface area contributed by atoms with Crippen LogP contribution in [0.4, 0.5) is 36.2 Å². The highest BCUT2D eigenvalue weighted by atomic mass is 19.4. The smallest absolute Gasteiger partial charge is 0.383 e. The van der Waals surface area contributed by atoms with Gasteiger partial charge >= 0.3 is 6.18 Å². The molecule has 3 aromatic rings. The molecule has 0 spiro atoms. The number of piperidine rings is 1. The first-order valence-corrected chi connectivity index (χ1v) is 14.6. The van der Waals surface area contributed by atoms with Crippen LogP contribution in [0.2, 0.25) is 0 Å². The highest BCUT2D eigenvalue weighted by molar-refractivity contribution is 6.16. The second kappa shape index (κ2) is 17.3. The molecule has 0 radical (unpaired) electrons. The molecule has 1 fully saturated rings. The Labute approximate surface area is 272 Å². The Morgan fingerprint density at radius 3 is 2.32 bits per heavy atom. The molecule has 47 heavy (non-hydrogen) atoms. The molecule has 2 amide bonds. The second-order valence-electron chi connectivity index (χ2n) is 11.7. The Kier molecular flexibility index (Phi) is 13.9. The first-order chi connectivity index (χ1) is 22.1. The number of likely N-dealkylation sites (tertiary alicyclic amines) is 1. The lowest BCUT2D eigenvalue weighted by atomic mass is 9.94. The van der Waals surface area contributed by atoms with Crippen molar-refractivity contribution < 1.29 is 22.8 Å². The number of anilines is 4. The zero-order valence-electron chi connectivity index (χ0n) is 26.7. The fourth-order valence-electron chi connectivity index (χ4n) is 4.65. The minimum atomic E-state index is -4.43. The van der Waals surface area contributed by atoms with Crippen LogP contribution in [0, 0.1) is 22.2 Å². The molecular formula is C33H40F3N9O2. The van der Waals surface area contributed by atoms with Crippen LogP contribution in [-0.4, -0.2) is 52.5 Å². The quantitative estimate of drug-likeness (QED) is 0.119. The van der Waals surface area contributed by atoms with E-state index >= 15 is 0 Å². The summed E-state index contributed by atoms with van der Waals surface area (Å²) in [4.78, 5) is 29.7. The van der Waals surface area contributed by atoms with Gasteiger partial charge in [0.15, 0.2) is 0 Å². The van der Waals surface area contributed by atoms with Gasteiger partial charge in [0.1, 0.15) is 18.0 Å². The van der Waals surface area contributed by atoms with E-state index in [0.717, 1.165) is 37.0 Å². The van der Waals surface area contributed by atoms with E-state index in [1.807, 2.05) is 13.0 Å². The highest BCUT2D eigenvalue weighted by Crippen LogP contribution is 2.32. The number of amides is 2. The maximum atomic E-state index is 13.0. The summed E-state index contributed by atoms with van der Waals surface area (Å²) in [5.74, 6) is 0.549. The van der Waals surface area contributed by atoms with Crippen LogP contribution in [0.1, 0.15) is 57.2 Å². The normalized spacial score (nSPS) is 14.6. The molecule has 11 nitrogen and oxygen atoms in total. The lowest BCUT2D eigenvalue weighted by Gasteiger charge is -2.31. The van der Waals surface area contributed by atoms with Crippen molar-refractivity contribution in [1.82, 2.24) is 14.9 Å². The third-order valence-electron chi connectivity index (χ3n) is 6.55. The van der Waals surface area contributed by atoms with Gasteiger partial charge in [0.05, 0.1) is 22.9 Å². The summed E-state index contributed by atoms with van der Waals surface area (Å²) < 4.78 is 38.9. The fourth-order valence-corrected chi connectivity index (χ4v) is 4.65. The van der Waals surface area contributed by atoms with Gasteiger partial charge in [-0.2, -0.15) is 18.4 Å². The molecule has 1 saturated heterocycles. The molecule has 0 saturated carbocycles. The SMILES string of the molecule is C/C(C#N)=C/C(C)(C)C.N=C(c1ccc(Nc2cccc(C(F)(F)F)c2)cc1)c1c(N)ncnc1NC1CCCN(C=O)C1.NC=O. The second-order valence-corrected chi connectivity index (χ2v) is 11.7. The molecule has 4 rings (SSSR count). The van der Waals surface area contributed by atoms with Crippen LogP contribution in [0.15, 0.2) is 66.5 Å². The number of rotatable bonds is 7. The van der Waals surface area contributed by atoms with Gasteiger partial charge in [0.25, 0.3) is 0 Å². The van der Waals surface area contributed by atoms with Crippen LogP contribution >= 0.6 is 0 Å². The van der Waals surface area contributed by atoms with Crippen LogP contribution in [0.3, 0.4) is 0 Å². The lowest BCUT2D eigenvalue weighted by Crippen LogP contribution is -2.41. The van der Waals surface area contributed by atoms with Gasteiger partial charge in [-0.15, -0.1) is 0 Å². The fraction of sp³-hybridized carbons (Fsp3) is 0.333. The van der Waals surface area contributed by atoms with Gasteiger partial charge in [-0.3, -0.25) is 15.0 Å². The summed E-state index contributed by atoms with van der Waals surface area (Å²) in [6.07, 6.45) is 1.62. The molecule has 250 valence electrons. The average molecular weight is 652 g/mol. The highest BCUT2D eigenvalue weighted by Gasteiger charge is 2.30. The first kappa shape index (κ1) is 37.7. The van der Waals surface area contributed by atoms with Gasteiger partial charge in [0.2, 0.25) is 12.8 Å². The molecule has 1 aliphatic heterocycles. The third kappa shape index (κ3) is 12.5. The number of primary amides is 1. The van der Waals surface area contributed by atoms with E-state index in [0.29, 0.717) is 41.4 Å². The molecule has 7 N–H and O–H groups in total. The van der Waals surface area contributed by atoms with E-state index < -0.39 is 11.7 Å². The van der Waals surface area contributed by atoms with Gasteiger partial charge in [-0.25, -0.2) is 9.97 Å². The molecule has 0 bridgehead atoms. The molecule has 1 unspecified atom stereocenters. The van der Waals surface area contributed by atoms with E-state index in [2.05, 4.69) is 53.2 Å². The largest absolute Gasteiger partial charge is 0.416 e. The van der Waals surface area contributed by atoms with E-state index in [1.165, 1.54) is 12.4 Å². The number of nitrogens with zero attached hydrogens (tertiary/aromatic N) is 4. The van der Waals surface area contributed by atoms with Crippen LogP contribution in [0.25, 0.3) is 0 Å². The van der Waals surface area contributed by atoms with Gasteiger partial charge < -0.3 is 27.0 Å². The summed E-state index contributed by atoms with van der Waals surface area (Å²) in [6.45, 7) is 9.29. The van der Waals surface area contributed by atoms with Crippen LogP contribution < -0.4 is 22.1 Å². The number of nitrogens with one attached hydrogen (secondary N) is 3. The van der Waals surface area contributed by atoms with E-state index in [1.54, 1.807) is 35.2 Å². The summed E-state index contributed by atoms with van der Waals surface area (Å²) in [7, 11) is 0. The van der Waals surface area contributed by atoms with Crippen molar-refractivity contribution in [3.05, 3.63) is 83.2 Å². The Balaban J connectivity index is 0.000000548. The minimum absolute atomic E-state index is 0.0335. The Morgan fingerprint density at radius 2 is 1.77 bits per heavy atom. The molecule has 0 aliphatic carbocycles. The molecule has 2 aromatic carbocycles. The number of hydrogen-bond acceptors (Lipinski definition) is 9. The van der Waals surface area contributed by atoms with Crippen molar-refractivity contribution in [1.29, 1.82) is 10.7 Å². The van der Waals surface area contributed by atoms with Crippen molar-refractivity contribution >= 4 is 41.5 Å². The Hall–Kier alpha value is -5.45. The summed E-state index contributed by atoms with van der Waals surface area (Å²) in [6, 6.07) is 13.6. The number of carbonyl (C=O) groups is 2. The van der Waals surface area contributed by atoms with E-state index in [4.69, 9.17) is 21.2 Å². The number of nitriles is 1. The predicted molar refractivity (Wildman–Crippen MR) is 177 cm³/mol. The first-order valence-electron chi connectivity index (χ1n) is 14.6. The van der Waals surface area contributed by atoms with Crippen molar-refractivity contribution in [2.45, 2.75) is 52.8 Å². The number of nitrogen functional groups attached to an aromatic ring is 1. The standard InChI is InChI=1S/C24H24F3N7O.C8H13N.CH3NO/c25-24(26,27)16-3-1-4-18(11-16)32-17-8-6-15(7-9-17)21(28)20-22(29)30-13-31-23(20)33-19-5-2-10-34(12-19)14-35;1-7(6-9)5-8(2,3)4;2-1-3/h1,3-4,6-9,11,13-14,19,28,32H,2,5,10,12H2,(H3,29,30,31,33);5H,1-4H3;1H,(H2,2,3)/b;7-5-;. The lowest BCUT2D eigenvalue weighted by molar-refractivity contribution is -0.137. The molecule has 14 heteroatoms. The Morgan fingerprint density at radius 1 is 1.11 bits per heavy atom. The Bertz CT molecular complexity index is 1580. The maximum absolute atomic E-state index is 13.0. The predicted octanol–water partition coefficient (Wildman–Crippen LogP) is 5.87. The van der Waals surface area contributed by atoms with Crippen molar-refractivity contribution in [2.24, 2.45) is 11.1 Å². The van der Waals surface area contributed by atoms with E-state index in [-0.39, 0.29) is 29.4 Å². The number of alkyl halides is 3. The third-order valence-corrected chi connectivity index (χ3v) is 6.55. The zero-order chi connectivity index (χ0) is 35.2. The zero-order valence-corrected chi connectivity index (χ0v) is 26.7. The number of carbonyl (C=O) groups excluding carboxylic acids is 2. The van der Waals surface area contributed by atoms with Gasteiger partial charge in [0, 0.05) is 41.6 Å². The molecular weight excluding hydrogens is 611 g/mol. The number of nitrogens with two attached hydrogens (primary N) is 2. The minimum Gasteiger partial charge on any atom is -0.383 e. The number of benzene rings is 2. The molecule has 2 heterocycles. The van der Waals surface area contributed by atoms with Crippen LogP contribution in [0.5, 0.6) is 0 Å². The van der Waals surface area contributed by atoms with E-state index in [9.17, 15) is 18.0 Å². The molecule has 1 aliphatic rings.